The fourth-order valence-corrected chi connectivity index (χ4v) is 3.08. The summed E-state index contributed by atoms with van der Waals surface area (Å²) >= 11 is 0. The lowest BCUT2D eigenvalue weighted by Crippen LogP contribution is -2.08. The summed E-state index contributed by atoms with van der Waals surface area (Å²) in [6.45, 7) is 4.16. The first kappa shape index (κ1) is 18.1. The van der Waals surface area contributed by atoms with E-state index < -0.39 is 0 Å². The third kappa shape index (κ3) is 3.23. The number of nitrogens with zero attached hydrogens (tertiary/aromatic N) is 6. The van der Waals surface area contributed by atoms with Crippen molar-refractivity contribution in [1.82, 2.24) is 24.5 Å². The van der Waals surface area contributed by atoms with Gasteiger partial charge in [0.05, 0.1) is 35.3 Å². The minimum absolute atomic E-state index is 0.551. The van der Waals surface area contributed by atoms with Crippen molar-refractivity contribution in [3.8, 4) is 17.3 Å². The molecule has 1 aromatic carbocycles. The smallest absolute Gasteiger partial charge is 0.164 e. The van der Waals surface area contributed by atoms with E-state index in [9.17, 15) is 5.26 Å². The van der Waals surface area contributed by atoms with Crippen LogP contribution >= 0.6 is 0 Å². The second kappa shape index (κ2) is 7.36. The van der Waals surface area contributed by atoms with Crippen molar-refractivity contribution >= 4 is 22.7 Å². The summed E-state index contributed by atoms with van der Waals surface area (Å²) in [6, 6.07) is 9.42. The van der Waals surface area contributed by atoms with Crippen LogP contribution in [-0.2, 0) is 0 Å². The van der Waals surface area contributed by atoms with Crippen molar-refractivity contribution in [3.63, 3.8) is 0 Å². The molecule has 3 aromatic heterocycles. The second-order valence-corrected chi connectivity index (χ2v) is 6.23. The Hall–Kier alpha value is -4.32. The molecule has 0 aliphatic heterocycles. The van der Waals surface area contributed by atoms with Crippen molar-refractivity contribution in [2.75, 3.05) is 30.2 Å². The standard InChI is InChI=1S/C20H19N9/c1-13(16-11-25-28-8-4-7-24-20(16)28)26-18-12-29(23-3)27-19(18)15-9-14(10-21)5-6-17(15)22-2/h4-9,11-12,22-23,26H,1H2,2-3H3. The van der Waals surface area contributed by atoms with Crippen LogP contribution < -0.4 is 16.1 Å². The molecule has 0 fully saturated rings. The number of fused-ring (bicyclic) bond motifs is 1. The molecule has 0 amide bonds. The molecule has 0 unspecified atom stereocenters. The van der Waals surface area contributed by atoms with Crippen LogP contribution in [0.1, 0.15) is 11.1 Å². The molecule has 0 aliphatic rings. The molecular weight excluding hydrogens is 366 g/mol. The van der Waals surface area contributed by atoms with Crippen LogP contribution in [0.25, 0.3) is 22.6 Å². The van der Waals surface area contributed by atoms with Gasteiger partial charge in [-0.25, -0.2) is 9.50 Å². The maximum atomic E-state index is 9.31. The van der Waals surface area contributed by atoms with E-state index in [1.54, 1.807) is 40.9 Å². The molecule has 0 spiro atoms. The maximum absolute atomic E-state index is 9.31. The van der Waals surface area contributed by atoms with E-state index in [0.717, 1.165) is 22.5 Å². The van der Waals surface area contributed by atoms with E-state index in [4.69, 9.17) is 0 Å². The van der Waals surface area contributed by atoms with Crippen molar-refractivity contribution in [2.45, 2.75) is 0 Å². The highest BCUT2D eigenvalue weighted by atomic mass is 15.5. The van der Waals surface area contributed by atoms with Crippen molar-refractivity contribution in [3.05, 3.63) is 66.8 Å². The Labute approximate surface area is 167 Å². The highest BCUT2D eigenvalue weighted by Crippen LogP contribution is 2.34. The summed E-state index contributed by atoms with van der Waals surface area (Å²) in [4.78, 5) is 5.97. The minimum Gasteiger partial charge on any atom is -0.388 e. The highest BCUT2D eigenvalue weighted by molar-refractivity contribution is 5.90. The first-order chi connectivity index (χ1) is 14.1. The lowest BCUT2D eigenvalue weighted by Gasteiger charge is -2.11. The summed E-state index contributed by atoms with van der Waals surface area (Å²) in [7, 11) is 3.60. The molecule has 0 bridgehead atoms. The van der Waals surface area contributed by atoms with E-state index in [-0.39, 0.29) is 0 Å². The van der Waals surface area contributed by atoms with E-state index in [2.05, 4.69) is 43.9 Å². The zero-order valence-electron chi connectivity index (χ0n) is 16.0. The SMILES string of the molecule is C=C(Nc1cn(NC)nc1-c1cc(C#N)ccc1NC)c1cnn2cccnc12. The van der Waals surface area contributed by atoms with Gasteiger partial charge in [-0.1, -0.05) is 6.58 Å². The summed E-state index contributed by atoms with van der Waals surface area (Å²) in [5.41, 5.74) is 8.72. The Kier molecular flexibility index (Phi) is 4.58. The van der Waals surface area contributed by atoms with Gasteiger partial charge in [-0.05, 0) is 24.3 Å². The van der Waals surface area contributed by atoms with Crippen LogP contribution in [0.2, 0.25) is 0 Å². The van der Waals surface area contributed by atoms with Gasteiger partial charge in [0.2, 0.25) is 0 Å². The first-order valence-electron chi connectivity index (χ1n) is 8.89. The molecule has 0 aliphatic carbocycles. The summed E-state index contributed by atoms with van der Waals surface area (Å²) in [6.07, 6.45) is 7.08. The number of nitrogens with one attached hydrogen (secondary N) is 3. The summed E-state index contributed by atoms with van der Waals surface area (Å²) in [5.74, 6) is 0. The van der Waals surface area contributed by atoms with Crippen LogP contribution in [0.15, 0.2) is 55.6 Å². The van der Waals surface area contributed by atoms with E-state index in [1.165, 1.54) is 0 Å². The Morgan fingerprint density at radius 2 is 2.10 bits per heavy atom. The van der Waals surface area contributed by atoms with Gasteiger partial charge >= 0.3 is 0 Å². The molecule has 9 heteroatoms. The van der Waals surface area contributed by atoms with Crippen molar-refractivity contribution in [1.29, 1.82) is 5.26 Å². The van der Waals surface area contributed by atoms with Gasteiger partial charge in [0, 0.05) is 43.4 Å². The van der Waals surface area contributed by atoms with Gasteiger partial charge in [0.25, 0.3) is 0 Å². The predicted octanol–water partition coefficient (Wildman–Crippen LogP) is 2.76. The Morgan fingerprint density at radius 3 is 2.86 bits per heavy atom. The average molecular weight is 385 g/mol. The van der Waals surface area contributed by atoms with E-state index >= 15 is 0 Å². The van der Waals surface area contributed by atoms with Gasteiger partial charge in [-0.15, -0.1) is 0 Å². The van der Waals surface area contributed by atoms with Crippen LogP contribution in [0.5, 0.6) is 0 Å². The molecule has 144 valence electrons. The normalized spacial score (nSPS) is 10.5. The molecular formula is C20H19N9. The largest absolute Gasteiger partial charge is 0.388 e. The molecule has 4 rings (SSSR count). The van der Waals surface area contributed by atoms with Crippen LogP contribution in [-0.4, -0.2) is 38.6 Å². The second-order valence-electron chi connectivity index (χ2n) is 6.23. The molecule has 0 radical (unpaired) electrons. The predicted molar refractivity (Wildman–Crippen MR) is 113 cm³/mol. The average Bonchev–Trinajstić information content (AvgIpc) is 3.37. The van der Waals surface area contributed by atoms with Gasteiger partial charge in [0.1, 0.15) is 5.69 Å². The topological polar surface area (TPSA) is 108 Å². The molecule has 29 heavy (non-hydrogen) atoms. The number of hydrogen-bond donors (Lipinski definition) is 3. The van der Waals surface area contributed by atoms with Crippen LogP contribution in [0.3, 0.4) is 0 Å². The molecule has 9 nitrogen and oxygen atoms in total. The summed E-state index contributed by atoms with van der Waals surface area (Å²) < 4.78 is 1.69. The lowest BCUT2D eigenvalue weighted by atomic mass is 10.0. The molecule has 4 aromatic rings. The number of benzene rings is 1. The number of hydrogen-bond acceptors (Lipinski definition) is 7. The third-order valence-corrected chi connectivity index (χ3v) is 4.51. The number of rotatable bonds is 6. The van der Waals surface area contributed by atoms with Crippen LogP contribution in [0, 0.1) is 11.3 Å². The molecule has 3 N–H and O–H groups in total. The number of aromatic nitrogens is 5. The number of nitriles is 1. The maximum Gasteiger partial charge on any atom is 0.164 e. The van der Waals surface area contributed by atoms with Crippen molar-refractivity contribution < 1.29 is 0 Å². The Balaban J connectivity index is 1.77. The fraction of sp³-hybridized carbons (Fsp3) is 0.100. The fourth-order valence-electron chi connectivity index (χ4n) is 3.08. The van der Waals surface area contributed by atoms with Gasteiger partial charge in [-0.3, -0.25) is 0 Å². The van der Waals surface area contributed by atoms with Gasteiger partial charge in [0.15, 0.2) is 5.65 Å². The number of anilines is 2. The van der Waals surface area contributed by atoms with E-state index in [1.807, 2.05) is 31.6 Å². The molecule has 0 saturated carbocycles. The van der Waals surface area contributed by atoms with E-state index in [0.29, 0.717) is 22.6 Å². The highest BCUT2D eigenvalue weighted by Gasteiger charge is 2.17. The zero-order chi connectivity index (χ0) is 20.4. The van der Waals surface area contributed by atoms with Crippen molar-refractivity contribution in [2.24, 2.45) is 0 Å². The van der Waals surface area contributed by atoms with Crippen LogP contribution in [0.4, 0.5) is 11.4 Å². The molecule has 3 heterocycles. The third-order valence-electron chi connectivity index (χ3n) is 4.51. The quantitative estimate of drug-likeness (QED) is 0.468. The van der Waals surface area contributed by atoms with Gasteiger partial charge in [-0.2, -0.15) is 20.3 Å². The Morgan fingerprint density at radius 1 is 1.24 bits per heavy atom. The van der Waals surface area contributed by atoms with Gasteiger partial charge < -0.3 is 16.1 Å². The molecule has 0 saturated heterocycles. The minimum atomic E-state index is 0.551. The Bertz CT molecular complexity index is 1240. The first-order valence-corrected chi connectivity index (χ1v) is 8.89. The monoisotopic (exact) mass is 385 g/mol. The zero-order valence-corrected chi connectivity index (χ0v) is 16.0. The molecule has 0 atom stereocenters. The lowest BCUT2D eigenvalue weighted by molar-refractivity contribution is 0.785. The summed E-state index contributed by atoms with van der Waals surface area (Å²) in [5, 5.41) is 24.7.